The van der Waals surface area contributed by atoms with Gasteiger partial charge in [0.2, 0.25) is 0 Å². The van der Waals surface area contributed by atoms with Crippen LogP contribution in [0, 0.1) is 0 Å². The SMILES string of the molecule is CN(Cc1ccc(Cl)cc1)C1CCC(Oc2ccc3c(=O)[nH]ccc3c2)CC1. The molecule has 2 aromatic carbocycles. The van der Waals surface area contributed by atoms with Gasteiger partial charge in [-0.05, 0) is 80.1 Å². The van der Waals surface area contributed by atoms with Crippen molar-refractivity contribution >= 4 is 22.4 Å². The number of pyridine rings is 1. The molecule has 0 bridgehead atoms. The van der Waals surface area contributed by atoms with Crippen molar-refractivity contribution in [3.63, 3.8) is 0 Å². The highest BCUT2D eigenvalue weighted by Crippen LogP contribution is 2.28. The molecule has 0 radical (unpaired) electrons. The van der Waals surface area contributed by atoms with Crippen LogP contribution in [0.25, 0.3) is 10.8 Å². The molecule has 0 saturated heterocycles. The summed E-state index contributed by atoms with van der Waals surface area (Å²) >= 11 is 5.97. The van der Waals surface area contributed by atoms with Crippen LogP contribution >= 0.6 is 11.6 Å². The third kappa shape index (κ3) is 4.40. The van der Waals surface area contributed by atoms with Gasteiger partial charge >= 0.3 is 0 Å². The molecule has 1 heterocycles. The summed E-state index contributed by atoms with van der Waals surface area (Å²) in [5, 5.41) is 2.39. The van der Waals surface area contributed by atoms with Crippen molar-refractivity contribution in [3.8, 4) is 5.75 Å². The van der Waals surface area contributed by atoms with E-state index in [9.17, 15) is 4.79 Å². The molecule has 5 heteroatoms. The number of benzene rings is 2. The number of rotatable bonds is 5. The van der Waals surface area contributed by atoms with Crippen molar-refractivity contribution < 1.29 is 4.74 Å². The van der Waals surface area contributed by atoms with Gasteiger partial charge < -0.3 is 9.72 Å². The Bertz CT molecular complexity index is 991. The predicted molar refractivity (Wildman–Crippen MR) is 114 cm³/mol. The first kappa shape index (κ1) is 19.0. The molecule has 0 aliphatic heterocycles. The lowest BCUT2D eigenvalue weighted by Crippen LogP contribution is -2.37. The molecule has 1 aromatic heterocycles. The molecule has 146 valence electrons. The molecule has 1 saturated carbocycles. The van der Waals surface area contributed by atoms with E-state index in [0.29, 0.717) is 11.4 Å². The Morgan fingerprint density at radius 3 is 2.57 bits per heavy atom. The van der Waals surface area contributed by atoms with E-state index in [1.807, 2.05) is 36.4 Å². The predicted octanol–water partition coefficient (Wildman–Crippen LogP) is 5.00. The summed E-state index contributed by atoms with van der Waals surface area (Å²) in [7, 11) is 2.20. The van der Waals surface area contributed by atoms with Crippen molar-refractivity contribution in [1.82, 2.24) is 9.88 Å². The molecule has 1 aliphatic carbocycles. The van der Waals surface area contributed by atoms with E-state index in [0.717, 1.165) is 48.4 Å². The second-order valence-corrected chi connectivity index (χ2v) is 8.08. The van der Waals surface area contributed by atoms with Crippen LogP contribution in [-0.2, 0) is 6.54 Å². The summed E-state index contributed by atoms with van der Waals surface area (Å²) in [6.07, 6.45) is 6.26. The molecule has 1 aliphatic rings. The summed E-state index contributed by atoms with van der Waals surface area (Å²) < 4.78 is 6.22. The maximum Gasteiger partial charge on any atom is 0.255 e. The van der Waals surface area contributed by atoms with Gasteiger partial charge in [-0.25, -0.2) is 0 Å². The van der Waals surface area contributed by atoms with Crippen LogP contribution in [0.15, 0.2) is 59.5 Å². The Balaban J connectivity index is 1.32. The van der Waals surface area contributed by atoms with E-state index in [2.05, 4.69) is 29.1 Å². The largest absolute Gasteiger partial charge is 0.490 e. The van der Waals surface area contributed by atoms with E-state index >= 15 is 0 Å². The molecule has 3 aromatic rings. The lowest BCUT2D eigenvalue weighted by Gasteiger charge is -2.34. The monoisotopic (exact) mass is 396 g/mol. The normalized spacial score (nSPS) is 19.8. The van der Waals surface area contributed by atoms with Crippen LogP contribution in [-0.4, -0.2) is 29.1 Å². The first-order chi connectivity index (χ1) is 13.6. The highest BCUT2D eigenvalue weighted by atomic mass is 35.5. The minimum atomic E-state index is -0.0618. The maximum atomic E-state index is 11.8. The third-order valence-corrected chi connectivity index (χ3v) is 5.91. The zero-order chi connectivity index (χ0) is 19.5. The molecule has 0 spiro atoms. The molecule has 0 amide bonds. The van der Waals surface area contributed by atoms with E-state index in [4.69, 9.17) is 16.3 Å². The molecule has 0 atom stereocenters. The number of ether oxygens (including phenoxy) is 1. The number of aromatic nitrogens is 1. The average molecular weight is 397 g/mol. The number of nitrogens with zero attached hydrogens (tertiary/aromatic N) is 1. The molecular formula is C23H25ClN2O2. The van der Waals surface area contributed by atoms with Gasteiger partial charge in [0.15, 0.2) is 0 Å². The zero-order valence-electron chi connectivity index (χ0n) is 16.0. The fourth-order valence-electron chi connectivity index (χ4n) is 4.05. The molecule has 4 nitrogen and oxygen atoms in total. The van der Waals surface area contributed by atoms with Gasteiger partial charge in [0.25, 0.3) is 5.56 Å². The lowest BCUT2D eigenvalue weighted by atomic mass is 9.91. The molecule has 1 N–H and O–H groups in total. The summed E-state index contributed by atoms with van der Waals surface area (Å²) in [6.45, 7) is 0.937. The number of hydrogen-bond acceptors (Lipinski definition) is 3. The smallest absolute Gasteiger partial charge is 0.255 e. The Kier molecular flexibility index (Phi) is 5.69. The minimum Gasteiger partial charge on any atom is -0.490 e. The van der Waals surface area contributed by atoms with Gasteiger partial charge in [0.05, 0.1) is 6.10 Å². The second-order valence-electron chi connectivity index (χ2n) is 7.65. The van der Waals surface area contributed by atoms with E-state index in [1.54, 1.807) is 6.20 Å². The average Bonchev–Trinajstić information content (AvgIpc) is 2.70. The molecule has 1 fully saturated rings. The number of nitrogens with one attached hydrogen (secondary N) is 1. The van der Waals surface area contributed by atoms with Gasteiger partial charge in [0.1, 0.15) is 5.75 Å². The standard InChI is InChI=1S/C23H25ClN2O2/c1-26(15-16-2-4-18(24)5-3-16)19-6-8-20(9-7-19)28-21-10-11-22-17(14-21)12-13-25-23(22)27/h2-5,10-14,19-20H,6-9,15H2,1H3,(H,25,27). The minimum absolute atomic E-state index is 0.0618. The zero-order valence-corrected chi connectivity index (χ0v) is 16.8. The molecular weight excluding hydrogens is 372 g/mol. The molecule has 4 rings (SSSR count). The topological polar surface area (TPSA) is 45.3 Å². The Hall–Kier alpha value is -2.30. The summed E-state index contributed by atoms with van der Waals surface area (Å²) in [5.74, 6) is 0.844. The number of halogens is 1. The lowest BCUT2D eigenvalue weighted by molar-refractivity contribution is 0.0979. The second kappa shape index (κ2) is 8.38. The Morgan fingerprint density at radius 1 is 1.07 bits per heavy atom. The van der Waals surface area contributed by atoms with Crippen LogP contribution in [0.1, 0.15) is 31.2 Å². The Morgan fingerprint density at radius 2 is 1.82 bits per heavy atom. The van der Waals surface area contributed by atoms with Gasteiger partial charge in [-0.2, -0.15) is 0 Å². The summed E-state index contributed by atoms with van der Waals surface area (Å²) in [6, 6.07) is 16.3. The quantitative estimate of drug-likeness (QED) is 0.659. The van der Waals surface area contributed by atoms with Crippen LogP contribution in [0.2, 0.25) is 5.02 Å². The van der Waals surface area contributed by atoms with Crippen LogP contribution in [0.5, 0.6) is 5.75 Å². The van der Waals surface area contributed by atoms with Crippen molar-refractivity contribution in [3.05, 3.63) is 75.7 Å². The van der Waals surface area contributed by atoms with Crippen LogP contribution < -0.4 is 10.3 Å². The molecule has 0 unspecified atom stereocenters. The number of fused-ring (bicyclic) bond motifs is 1. The Labute approximate surface area is 170 Å². The van der Waals surface area contributed by atoms with Gasteiger partial charge in [-0.1, -0.05) is 23.7 Å². The van der Waals surface area contributed by atoms with Crippen LogP contribution in [0.4, 0.5) is 0 Å². The van der Waals surface area contributed by atoms with Gasteiger partial charge in [-0.3, -0.25) is 9.69 Å². The van der Waals surface area contributed by atoms with Crippen LogP contribution in [0.3, 0.4) is 0 Å². The van der Waals surface area contributed by atoms with Gasteiger partial charge in [-0.15, -0.1) is 0 Å². The van der Waals surface area contributed by atoms with Crippen molar-refractivity contribution in [2.45, 2.75) is 44.4 Å². The highest BCUT2D eigenvalue weighted by Gasteiger charge is 2.25. The third-order valence-electron chi connectivity index (χ3n) is 5.66. The first-order valence-corrected chi connectivity index (χ1v) is 10.2. The maximum absolute atomic E-state index is 11.8. The van der Waals surface area contributed by atoms with Crippen molar-refractivity contribution in [1.29, 1.82) is 0 Å². The number of aromatic amines is 1. The van der Waals surface area contributed by atoms with E-state index in [-0.39, 0.29) is 11.7 Å². The molecule has 28 heavy (non-hydrogen) atoms. The van der Waals surface area contributed by atoms with E-state index < -0.39 is 0 Å². The van der Waals surface area contributed by atoms with Crippen molar-refractivity contribution in [2.75, 3.05) is 7.05 Å². The summed E-state index contributed by atoms with van der Waals surface area (Å²) in [4.78, 5) is 17.0. The number of hydrogen-bond donors (Lipinski definition) is 1. The van der Waals surface area contributed by atoms with Crippen molar-refractivity contribution in [2.24, 2.45) is 0 Å². The highest BCUT2D eigenvalue weighted by molar-refractivity contribution is 6.30. The first-order valence-electron chi connectivity index (χ1n) is 9.81. The van der Waals surface area contributed by atoms with Gasteiger partial charge in [0, 0.05) is 29.2 Å². The summed E-state index contributed by atoms with van der Waals surface area (Å²) in [5.41, 5.74) is 1.23. The fourth-order valence-corrected chi connectivity index (χ4v) is 4.17. The fraction of sp³-hybridized carbons (Fsp3) is 0.348. The van der Waals surface area contributed by atoms with E-state index in [1.165, 1.54) is 5.56 Å². The number of H-pyrrole nitrogens is 1.